The molecule has 2 amide bonds. The molecule has 2 fully saturated rings. The molecule has 0 radical (unpaired) electrons. The first kappa shape index (κ1) is 22.9. The minimum atomic E-state index is -1.12. The summed E-state index contributed by atoms with van der Waals surface area (Å²) in [6, 6.07) is 17.4. The Morgan fingerprint density at radius 3 is 2.68 bits per heavy atom. The molecule has 2 aromatic carbocycles. The molecular formula is C25H25N3O4S2. The number of benzene rings is 2. The van der Waals surface area contributed by atoms with Crippen LogP contribution in [0.2, 0.25) is 0 Å². The van der Waals surface area contributed by atoms with Gasteiger partial charge in [0.2, 0.25) is 12.7 Å². The van der Waals surface area contributed by atoms with Gasteiger partial charge in [-0.1, -0.05) is 58.0 Å². The summed E-state index contributed by atoms with van der Waals surface area (Å²) in [6.07, 6.45) is 0.915. The average molecular weight is 496 g/mol. The Labute approximate surface area is 206 Å². The minimum absolute atomic E-state index is 0.149. The molecule has 3 heterocycles. The average Bonchev–Trinajstić information content (AvgIpc) is 3.43. The van der Waals surface area contributed by atoms with Gasteiger partial charge in [0.25, 0.3) is 5.91 Å². The van der Waals surface area contributed by atoms with Gasteiger partial charge in [0.1, 0.15) is 0 Å². The van der Waals surface area contributed by atoms with Gasteiger partial charge in [-0.05, 0) is 36.6 Å². The lowest BCUT2D eigenvalue weighted by molar-refractivity contribution is -0.147. The van der Waals surface area contributed by atoms with Gasteiger partial charge in [0.05, 0.1) is 22.9 Å². The number of hydrogen-bond donors (Lipinski definition) is 0. The molecule has 0 aliphatic carbocycles. The van der Waals surface area contributed by atoms with Gasteiger partial charge in [-0.2, -0.15) is 5.26 Å². The lowest BCUT2D eigenvalue weighted by Gasteiger charge is -2.48. The van der Waals surface area contributed by atoms with E-state index in [1.54, 1.807) is 22.7 Å². The number of nitriles is 1. The molecule has 7 nitrogen and oxygen atoms in total. The zero-order valence-electron chi connectivity index (χ0n) is 19.2. The second-order valence-electron chi connectivity index (χ2n) is 9.12. The summed E-state index contributed by atoms with van der Waals surface area (Å²) in [7, 11) is 4.69. The maximum absolute atomic E-state index is 14.4. The molecule has 0 aromatic heterocycles. The number of amides is 2. The van der Waals surface area contributed by atoms with Crippen LogP contribution in [0.3, 0.4) is 0 Å². The second-order valence-corrected chi connectivity index (χ2v) is 11.8. The molecule has 2 saturated heterocycles. The molecule has 3 aliphatic heterocycles. The molecular weight excluding hydrogens is 470 g/mol. The van der Waals surface area contributed by atoms with Gasteiger partial charge >= 0.3 is 0 Å². The van der Waals surface area contributed by atoms with Crippen LogP contribution in [0.1, 0.15) is 37.4 Å². The third kappa shape index (κ3) is 3.51. The molecule has 0 spiro atoms. The molecule has 9 heteroatoms. The summed E-state index contributed by atoms with van der Waals surface area (Å²) in [6.45, 7) is 3.54. The third-order valence-corrected chi connectivity index (χ3v) is 10.3. The van der Waals surface area contributed by atoms with Crippen molar-refractivity contribution in [3.05, 3.63) is 59.7 Å². The zero-order valence-corrected chi connectivity index (χ0v) is 20.8. The van der Waals surface area contributed by atoms with E-state index >= 15 is 0 Å². The Morgan fingerprint density at radius 2 is 1.97 bits per heavy atom. The van der Waals surface area contributed by atoms with Crippen LogP contribution < -0.4 is 9.47 Å². The van der Waals surface area contributed by atoms with Crippen molar-refractivity contribution in [3.63, 3.8) is 0 Å². The fourth-order valence-electron chi connectivity index (χ4n) is 5.02. The van der Waals surface area contributed by atoms with Crippen molar-refractivity contribution in [2.75, 3.05) is 13.8 Å². The Balaban J connectivity index is 1.60. The molecule has 4 atom stereocenters. The quantitative estimate of drug-likeness (QED) is 0.583. The van der Waals surface area contributed by atoms with E-state index in [9.17, 15) is 14.9 Å². The van der Waals surface area contributed by atoms with Crippen molar-refractivity contribution in [2.45, 2.75) is 43.0 Å². The predicted octanol–water partition coefficient (Wildman–Crippen LogP) is 4.36. The van der Waals surface area contributed by atoms with Crippen molar-refractivity contribution < 1.29 is 19.1 Å². The lowest BCUT2D eigenvalue weighted by atomic mass is 9.80. The number of ether oxygens (including phenoxy) is 2. The van der Waals surface area contributed by atoms with Crippen molar-refractivity contribution in [3.8, 4) is 17.6 Å². The molecule has 0 N–H and O–H groups in total. The summed E-state index contributed by atoms with van der Waals surface area (Å²) in [4.78, 5) is 29.3. The molecule has 34 heavy (non-hydrogen) atoms. The van der Waals surface area contributed by atoms with E-state index in [0.717, 1.165) is 11.1 Å². The van der Waals surface area contributed by atoms with Crippen molar-refractivity contribution >= 4 is 33.4 Å². The Bertz CT molecular complexity index is 1190. The summed E-state index contributed by atoms with van der Waals surface area (Å²) in [5, 5.41) is 10.0. The van der Waals surface area contributed by atoms with E-state index in [0.29, 0.717) is 24.3 Å². The number of likely N-dealkylation sites (N-methyl/N-ethyl adjacent to an activating group) is 1. The molecule has 5 rings (SSSR count). The highest BCUT2D eigenvalue weighted by atomic mass is 33.1. The van der Waals surface area contributed by atoms with Crippen molar-refractivity contribution in [2.24, 2.45) is 5.41 Å². The number of carbonyl (C=O) groups is 2. The topological polar surface area (TPSA) is 82.9 Å². The summed E-state index contributed by atoms with van der Waals surface area (Å²) in [5.74, 6) is 0.938. The molecule has 2 aromatic rings. The number of nitrogens with zero attached hydrogens (tertiary/aromatic N) is 3. The van der Waals surface area contributed by atoms with Crippen LogP contribution in [0.4, 0.5) is 0 Å². The highest BCUT2D eigenvalue weighted by Gasteiger charge is 2.61. The molecule has 3 unspecified atom stereocenters. The van der Waals surface area contributed by atoms with E-state index in [4.69, 9.17) is 9.47 Å². The SMILES string of the molecule is CC(=O)N(C)C1(Cc2ccccc2)SSC2C[C@](C)(C#N)C(c3ccc4c(c3)OCO4)N2C1=O. The van der Waals surface area contributed by atoms with Gasteiger partial charge in [0.15, 0.2) is 16.4 Å². The Kier molecular flexibility index (Phi) is 5.69. The van der Waals surface area contributed by atoms with E-state index in [1.807, 2.05) is 60.4 Å². The summed E-state index contributed by atoms with van der Waals surface area (Å²) in [5.41, 5.74) is 1.01. The van der Waals surface area contributed by atoms with Gasteiger partial charge in [-0.15, -0.1) is 0 Å². The van der Waals surface area contributed by atoms with Crippen LogP contribution >= 0.6 is 21.6 Å². The molecule has 176 valence electrons. The van der Waals surface area contributed by atoms with Gasteiger partial charge in [0, 0.05) is 20.4 Å². The maximum Gasteiger partial charge on any atom is 0.261 e. The van der Waals surface area contributed by atoms with Crippen molar-refractivity contribution in [1.82, 2.24) is 9.80 Å². The van der Waals surface area contributed by atoms with Crippen LogP contribution in [0.25, 0.3) is 0 Å². The first-order valence-corrected chi connectivity index (χ1v) is 13.3. The normalized spacial score (nSPS) is 29.5. The van der Waals surface area contributed by atoms with E-state index < -0.39 is 16.3 Å². The number of fused-ring (bicyclic) bond motifs is 2. The summed E-state index contributed by atoms with van der Waals surface area (Å²) >= 11 is 0. The number of rotatable bonds is 4. The zero-order chi connectivity index (χ0) is 24.1. The molecule has 0 saturated carbocycles. The standard InChI is InChI=1S/C25H25N3O4S2/c1-16(29)27(3)25(12-17-7-5-4-6-8-17)23(30)28-21(33-34-25)13-24(2,14-26)22(28)18-9-10-19-20(11-18)32-15-31-19/h4-11,21-22H,12-13,15H2,1-3H3/t21?,22?,24-,25?/m1/s1. The Hall–Kier alpha value is -2.83. The van der Waals surface area contributed by atoms with Gasteiger partial charge < -0.3 is 19.3 Å². The number of carbonyl (C=O) groups excluding carboxylic acids is 2. The fraction of sp³-hybridized carbons (Fsp3) is 0.400. The largest absolute Gasteiger partial charge is 0.454 e. The fourth-order valence-corrected chi connectivity index (χ4v) is 8.67. The van der Waals surface area contributed by atoms with Gasteiger partial charge in [-0.3, -0.25) is 9.59 Å². The minimum Gasteiger partial charge on any atom is -0.454 e. The van der Waals surface area contributed by atoms with Crippen LogP contribution in [-0.4, -0.2) is 45.7 Å². The first-order chi connectivity index (χ1) is 16.3. The highest BCUT2D eigenvalue weighted by molar-refractivity contribution is 8.77. The maximum atomic E-state index is 14.4. The van der Waals surface area contributed by atoms with Crippen molar-refractivity contribution in [1.29, 1.82) is 5.26 Å². The van der Waals surface area contributed by atoms with E-state index in [-0.39, 0.29) is 24.0 Å². The molecule has 3 aliphatic rings. The van der Waals surface area contributed by atoms with Crippen LogP contribution in [0.15, 0.2) is 48.5 Å². The monoisotopic (exact) mass is 495 g/mol. The Morgan fingerprint density at radius 1 is 1.24 bits per heavy atom. The van der Waals surface area contributed by atoms with Gasteiger partial charge in [-0.25, -0.2) is 0 Å². The third-order valence-electron chi connectivity index (χ3n) is 6.92. The van der Waals surface area contributed by atoms with Crippen LogP contribution in [0, 0.1) is 16.7 Å². The highest BCUT2D eigenvalue weighted by Crippen LogP contribution is 2.61. The first-order valence-electron chi connectivity index (χ1n) is 11.1. The second kappa shape index (κ2) is 8.43. The predicted molar refractivity (Wildman–Crippen MR) is 131 cm³/mol. The smallest absolute Gasteiger partial charge is 0.261 e. The summed E-state index contributed by atoms with van der Waals surface area (Å²) < 4.78 is 11.0. The number of hydrogen-bond acceptors (Lipinski definition) is 7. The molecule has 0 bridgehead atoms. The van der Waals surface area contributed by atoms with E-state index in [2.05, 4.69) is 6.07 Å². The van der Waals surface area contributed by atoms with Crippen LogP contribution in [0.5, 0.6) is 11.5 Å². The lowest BCUT2D eigenvalue weighted by Crippen LogP contribution is -2.61. The van der Waals surface area contributed by atoms with E-state index in [1.165, 1.54) is 17.7 Å². The van der Waals surface area contributed by atoms with Crippen LogP contribution in [-0.2, 0) is 16.0 Å².